The second-order valence-electron chi connectivity index (χ2n) is 6.27. The van der Waals surface area contributed by atoms with Crippen LogP contribution in [0.3, 0.4) is 0 Å². The first-order chi connectivity index (χ1) is 9.32. The van der Waals surface area contributed by atoms with Crippen molar-refractivity contribution in [1.29, 1.82) is 0 Å². The monoisotopic (exact) mass is 317 g/mol. The molecule has 1 aromatic heterocycles. The number of sulfonamides is 1. The second-order valence-corrected chi connectivity index (χ2v) is 9.38. The average Bonchev–Trinajstić information content (AvgIpc) is 2.77. The van der Waals surface area contributed by atoms with Gasteiger partial charge in [0.2, 0.25) is 10.0 Å². The molecule has 114 valence electrons. The quantitative estimate of drug-likeness (QED) is 0.877. The van der Waals surface area contributed by atoms with Gasteiger partial charge in [0.25, 0.3) is 0 Å². The highest BCUT2D eigenvalue weighted by atomic mass is 32.2. The Hall–Kier alpha value is -0.430. The van der Waals surface area contributed by atoms with E-state index in [1.54, 1.807) is 12.1 Å². The van der Waals surface area contributed by atoms with E-state index < -0.39 is 10.0 Å². The van der Waals surface area contributed by atoms with E-state index in [9.17, 15) is 8.42 Å². The highest BCUT2D eigenvalue weighted by Crippen LogP contribution is 2.35. The van der Waals surface area contributed by atoms with Crippen molar-refractivity contribution in [1.82, 2.24) is 4.72 Å². The molecule has 0 saturated heterocycles. The zero-order chi connectivity index (χ0) is 14.8. The lowest BCUT2D eigenvalue weighted by Gasteiger charge is -2.35. The lowest BCUT2D eigenvalue weighted by atomic mass is 9.75. The predicted molar refractivity (Wildman–Crippen MR) is 81.5 cm³/mol. The first kappa shape index (κ1) is 15.9. The molecule has 0 amide bonds. The smallest absolute Gasteiger partial charge is 0.250 e. The van der Waals surface area contributed by atoms with Crippen molar-refractivity contribution in [3.63, 3.8) is 0 Å². The predicted octanol–water partition coefficient (Wildman–Crippen LogP) is 2.53. The summed E-state index contributed by atoms with van der Waals surface area (Å²) in [4.78, 5) is 0.900. The molecular formula is C14H23NO3S2. The van der Waals surface area contributed by atoms with Crippen LogP contribution in [0, 0.1) is 5.41 Å². The molecule has 20 heavy (non-hydrogen) atoms. The van der Waals surface area contributed by atoms with Crippen LogP contribution in [0.4, 0.5) is 0 Å². The zero-order valence-corrected chi connectivity index (χ0v) is 13.7. The lowest BCUT2D eigenvalue weighted by molar-refractivity contribution is 0.212. The van der Waals surface area contributed by atoms with Gasteiger partial charge in [-0.25, -0.2) is 13.1 Å². The standard InChI is InChI=1S/C14H23NO3S2/c1-14(2)8-3-4-11(10-14)15-20(17,18)13-6-5-12(19-13)7-9-16/h5-6,11,15-16H,3-4,7-10H2,1-2H3. The molecule has 1 fully saturated rings. The van der Waals surface area contributed by atoms with Crippen molar-refractivity contribution in [3.05, 3.63) is 17.0 Å². The number of rotatable bonds is 5. The summed E-state index contributed by atoms with van der Waals surface area (Å²) in [6.07, 6.45) is 4.54. The third kappa shape index (κ3) is 4.04. The maximum Gasteiger partial charge on any atom is 0.250 e. The summed E-state index contributed by atoms with van der Waals surface area (Å²) in [6.45, 7) is 4.43. The van der Waals surface area contributed by atoms with Crippen LogP contribution in [0.1, 0.15) is 44.4 Å². The molecule has 1 aliphatic carbocycles. The molecule has 1 aliphatic rings. The Morgan fingerprint density at radius 1 is 1.45 bits per heavy atom. The fourth-order valence-corrected chi connectivity index (χ4v) is 5.46. The highest BCUT2D eigenvalue weighted by molar-refractivity contribution is 7.91. The molecule has 0 aromatic carbocycles. The summed E-state index contributed by atoms with van der Waals surface area (Å²) in [7, 11) is -3.42. The molecule has 0 bridgehead atoms. The van der Waals surface area contributed by atoms with Crippen LogP contribution in [0.2, 0.25) is 0 Å². The SMILES string of the molecule is CC1(C)CCCC(NS(=O)(=O)c2ccc(CCO)s2)C1. The van der Waals surface area contributed by atoms with Gasteiger partial charge in [-0.3, -0.25) is 0 Å². The molecule has 0 aliphatic heterocycles. The van der Waals surface area contributed by atoms with Crippen LogP contribution in [0.25, 0.3) is 0 Å². The van der Waals surface area contributed by atoms with E-state index in [2.05, 4.69) is 18.6 Å². The van der Waals surface area contributed by atoms with Crippen LogP contribution in [-0.2, 0) is 16.4 Å². The van der Waals surface area contributed by atoms with Crippen LogP contribution in [-0.4, -0.2) is 26.2 Å². The van der Waals surface area contributed by atoms with Crippen LogP contribution >= 0.6 is 11.3 Å². The third-order valence-corrected chi connectivity index (χ3v) is 6.94. The van der Waals surface area contributed by atoms with E-state index in [1.165, 1.54) is 11.3 Å². The number of hydrogen-bond acceptors (Lipinski definition) is 4. The highest BCUT2D eigenvalue weighted by Gasteiger charge is 2.31. The Labute approximate surface area is 125 Å². The van der Waals surface area contributed by atoms with Gasteiger partial charge in [0.15, 0.2) is 0 Å². The number of thiophene rings is 1. The summed E-state index contributed by atoms with van der Waals surface area (Å²) in [6, 6.07) is 3.44. The maximum atomic E-state index is 12.4. The summed E-state index contributed by atoms with van der Waals surface area (Å²) in [5.41, 5.74) is 0.211. The fraction of sp³-hybridized carbons (Fsp3) is 0.714. The normalized spacial score (nSPS) is 22.9. The molecule has 6 heteroatoms. The van der Waals surface area contributed by atoms with Gasteiger partial charge < -0.3 is 5.11 Å². The van der Waals surface area contributed by atoms with Crippen LogP contribution in [0.15, 0.2) is 16.3 Å². The minimum Gasteiger partial charge on any atom is -0.396 e. The van der Waals surface area contributed by atoms with E-state index >= 15 is 0 Å². The third-order valence-electron chi connectivity index (χ3n) is 3.79. The summed E-state index contributed by atoms with van der Waals surface area (Å²) in [5, 5.41) is 8.89. The Kier molecular flexibility index (Phi) is 4.89. The van der Waals surface area contributed by atoms with Crippen molar-refractivity contribution in [2.45, 2.75) is 56.2 Å². The van der Waals surface area contributed by atoms with Gasteiger partial charge in [0.05, 0.1) is 0 Å². The topological polar surface area (TPSA) is 66.4 Å². The zero-order valence-electron chi connectivity index (χ0n) is 12.1. The molecule has 1 unspecified atom stereocenters. The summed E-state index contributed by atoms with van der Waals surface area (Å²) in [5.74, 6) is 0. The van der Waals surface area contributed by atoms with Crippen molar-refractivity contribution in [2.75, 3.05) is 6.61 Å². The van der Waals surface area contributed by atoms with E-state index in [1.807, 2.05) is 0 Å². The first-order valence-electron chi connectivity index (χ1n) is 7.04. The van der Waals surface area contributed by atoms with Gasteiger partial charge in [0.1, 0.15) is 4.21 Å². The minimum absolute atomic E-state index is 0.0344. The maximum absolute atomic E-state index is 12.4. The van der Waals surface area contributed by atoms with E-state index in [0.29, 0.717) is 10.6 Å². The van der Waals surface area contributed by atoms with Crippen LogP contribution in [0.5, 0.6) is 0 Å². The Morgan fingerprint density at radius 2 is 2.20 bits per heavy atom. The fourth-order valence-electron chi connectivity index (χ4n) is 2.82. The van der Waals surface area contributed by atoms with Crippen molar-refractivity contribution < 1.29 is 13.5 Å². The van der Waals surface area contributed by atoms with Gasteiger partial charge in [-0.05, 0) is 36.8 Å². The second kappa shape index (κ2) is 6.13. The molecule has 2 rings (SSSR count). The first-order valence-corrected chi connectivity index (χ1v) is 9.34. The van der Waals surface area contributed by atoms with Crippen molar-refractivity contribution in [3.8, 4) is 0 Å². The Morgan fingerprint density at radius 3 is 2.85 bits per heavy atom. The molecule has 0 radical (unpaired) electrons. The molecule has 1 aromatic rings. The number of hydrogen-bond donors (Lipinski definition) is 2. The Bertz CT molecular complexity index is 549. The minimum atomic E-state index is -3.42. The summed E-state index contributed by atoms with van der Waals surface area (Å²) < 4.78 is 27.9. The van der Waals surface area contributed by atoms with E-state index in [0.717, 1.165) is 30.6 Å². The van der Waals surface area contributed by atoms with Gasteiger partial charge in [-0.15, -0.1) is 11.3 Å². The molecular weight excluding hydrogens is 294 g/mol. The average molecular weight is 317 g/mol. The summed E-state index contributed by atoms with van der Waals surface area (Å²) >= 11 is 1.24. The largest absolute Gasteiger partial charge is 0.396 e. The molecule has 2 N–H and O–H groups in total. The van der Waals surface area contributed by atoms with E-state index in [4.69, 9.17) is 5.11 Å². The molecule has 1 heterocycles. The van der Waals surface area contributed by atoms with E-state index in [-0.39, 0.29) is 18.1 Å². The van der Waals surface area contributed by atoms with Gasteiger partial charge >= 0.3 is 0 Å². The van der Waals surface area contributed by atoms with Gasteiger partial charge in [-0.2, -0.15) is 0 Å². The number of nitrogens with one attached hydrogen (secondary N) is 1. The lowest BCUT2D eigenvalue weighted by Crippen LogP contribution is -2.40. The molecule has 4 nitrogen and oxygen atoms in total. The van der Waals surface area contributed by atoms with Crippen molar-refractivity contribution in [2.24, 2.45) is 5.41 Å². The van der Waals surface area contributed by atoms with Gasteiger partial charge in [-0.1, -0.05) is 20.3 Å². The van der Waals surface area contributed by atoms with Gasteiger partial charge in [0, 0.05) is 23.9 Å². The molecule has 1 saturated carbocycles. The number of aliphatic hydroxyl groups excluding tert-OH is 1. The van der Waals surface area contributed by atoms with Crippen molar-refractivity contribution >= 4 is 21.4 Å². The number of aliphatic hydroxyl groups is 1. The van der Waals surface area contributed by atoms with Crippen LogP contribution < -0.4 is 4.72 Å². The molecule has 0 spiro atoms. The molecule has 1 atom stereocenters. The Balaban J connectivity index is 2.06.